The van der Waals surface area contributed by atoms with Gasteiger partial charge in [-0.05, 0) is 60.7 Å². The molecule has 1 N–H and O–H groups in total. The van der Waals surface area contributed by atoms with E-state index in [1.54, 1.807) is 7.11 Å². The van der Waals surface area contributed by atoms with Crippen LogP contribution in [0.25, 0.3) is 16.9 Å². The Morgan fingerprint density at radius 3 is 2.78 bits per heavy atom. The largest absolute Gasteiger partial charge is 0.495 e. The molecule has 0 spiro atoms. The van der Waals surface area contributed by atoms with Crippen LogP contribution in [0.15, 0.2) is 54.2 Å². The van der Waals surface area contributed by atoms with Crippen molar-refractivity contribution in [3.63, 3.8) is 0 Å². The van der Waals surface area contributed by atoms with Gasteiger partial charge in [-0.15, -0.1) is 11.3 Å². The summed E-state index contributed by atoms with van der Waals surface area (Å²) < 4.78 is 7.42. The molecule has 6 heteroatoms. The van der Waals surface area contributed by atoms with Crippen LogP contribution in [0.3, 0.4) is 0 Å². The van der Waals surface area contributed by atoms with Gasteiger partial charge in [0, 0.05) is 18.0 Å². The summed E-state index contributed by atoms with van der Waals surface area (Å²) in [5, 5.41) is 4.92. The number of ether oxygens (including phenoxy) is 1. The number of nitrogens with zero attached hydrogens (tertiary/aromatic N) is 2. The number of hydrogen-bond acceptors (Lipinski definition) is 4. The molecule has 0 bridgehead atoms. The Hall–Kier alpha value is -3.12. The molecule has 3 heterocycles. The van der Waals surface area contributed by atoms with E-state index < -0.39 is 0 Å². The van der Waals surface area contributed by atoms with Crippen LogP contribution < -0.4 is 10.1 Å². The molecule has 0 aliphatic heterocycles. The second kappa shape index (κ2) is 6.89. The number of hydrogen-bond donors (Lipinski definition) is 1. The number of methoxy groups -OCH3 is 1. The first kappa shape index (κ1) is 17.3. The number of carbonyl (C=O) groups excluding carboxylic acids is 1. The lowest BCUT2D eigenvalue weighted by molar-refractivity contribution is 0.103. The van der Waals surface area contributed by atoms with Gasteiger partial charge in [0.15, 0.2) is 0 Å². The van der Waals surface area contributed by atoms with E-state index in [2.05, 4.69) is 5.32 Å². The van der Waals surface area contributed by atoms with Crippen LogP contribution in [0.5, 0.6) is 5.75 Å². The lowest BCUT2D eigenvalue weighted by Crippen LogP contribution is -2.11. The molecule has 3 aromatic heterocycles. The summed E-state index contributed by atoms with van der Waals surface area (Å²) in [6.07, 6.45) is 3.96. The van der Waals surface area contributed by atoms with Gasteiger partial charge in [-0.3, -0.25) is 4.79 Å². The molecule has 0 fully saturated rings. The normalized spacial score (nSPS) is 10.9. The first-order valence-corrected chi connectivity index (χ1v) is 9.42. The Morgan fingerprint density at radius 2 is 2.07 bits per heavy atom. The Kier molecular flexibility index (Phi) is 4.41. The Bertz CT molecular complexity index is 1140. The van der Waals surface area contributed by atoms with Crippen LogP contribution in [0.2, 0.25) is 0 Å². The molecule has 27 heavy (non-hydrogen) atoms. The standard InChI is InChI=1S/C21H19N3O2S/c1-13-9-19(27-12-13)21(25)23-16-10-15(6-7-18(16)26-3)17-11-24-8-4-5-14(2)20(24)22-17/h4-12H,1-3H3,(H,23,25). The Balaban J connectivity index is 1.71. The monoisotopic (exact) mass is 377 g/mol. The van der Waals surface area contributed by atoms with Gasteiger partial charge in [0.05, 0.1) is 23.4 Å². The number of nitrogens with one attached hydrogen (secondary N) is 1. The number of aryl methyl sites for hydroxylation is 2. The zero-order valence-corrected chi connectivity index (χ0v) is 16.1. The molecule has 4 rings (SSSR count). The maximum atomic E-state index is 12.6. The van der Waals surface area contributed by atoms with Gasteiger partial charge in [-0.25, -0.2) is 4.98 Å². The summed E-state index contributed by atoms with van der Waals surface area (Å²) >= 11 is 1.43. The molecule has 0 radical (unpaired) electrons. The summed E-state index contributed by atoms with van der Waals surface area (Å²) in [4.78, 5) is 18.0. The third-order valence-electron chi connectivity index (χ3n) is 4.38. The highest BCUT2D eigenvalue weighted by Crippen LogP contribution is 2.31. The quantitative estimate of drug-likeness (QED) is 0.548. The molecular formula is C21H19N3O2S. The highest BCUT2D eigenvalue weighted by atomic mass is 32.1. The second-order valence-electron chi connectivity index (χ2n) is 6.41. The van der Waals surface area contributed by atoms with Crippen molar-refractivity contribution in [3.05, 3.63) is 70.2 Å². The van der Waals surface area contributed by atoms with E-state index in [-0.39, 0.29) is 5.91 Å². The maximum absolute atomic E-state index is 12.6. The first-order chi connectivity index (χ1) is 13.0. The third-order valence-corrected chi connectivity index (χ3v) is 5.42. The van der Waals surface area contributed by atoms with E-state index in [4.69, 9.17) is 9.72 Å². The molecule has 0 aliphatic carbocycles. The van der Waals surface area contributed by atoms with Crippen LogP contribution >= 0.6 is 11.3 Å². The molecule has 0 atom stereocenters. The van der Waals surface area contributed by atoms with Crippen molar-refractivity contribution in [1.82, 2.24) is 9.38 Å². The van der Waals surface area contributed by atoms with Crippen molar-refractivity contribution in [3.8, 4) is 17.0 Å². The number of anilines is 1. The first-order valence-electron chi connectivity index (χ1n) is 8.54. The van der Waals surface area contributed by atoms with Crippen molar-refractivity contribution in [1.29, 1.82) is 0 Å². The van der Waals surface area contributed by atoms with Crippen LogP contribution in [0.4, 0.5) is 5.69 Å². The topological polar surface area (TPSA) is 55.6 Å². The number of imidazole rings is 1. The van der Waals surface area contributed by atoms with Gasteiger partial charge in [0.1, 0.15) is 11.4 Å². The zero-order chi connectivity index (χ0) is 19.0. The van der Waals surface area contributed by atoms with Gasteiger partial charge in [-0.2, -0.15) is 0 Å². The minimum absolute atomic E-state index is 0.144. The number of rotatable bonds is 4. The molecule has 0 unspecified atom stereocenters. The van der Waals surface area contributed by atoms with Crippen molar-refractivity contribution in [2.24, 2.45) is 0 Å². The number of benzene rings is 1. The van der Waals surface area contributed by atoms with E-state index in [0.717, 1.165) is 28.0 Å². The van der Waals surface area contributed by atoms with Gasteiger partial charge in [0.25, 0.3) is 5.91 Å². The van der Waals surface area contributed by atoms with Crippen molar-refractivity contribution in [2.45, 2.75) is 13.8 Å². The molecule has 1 amide bonds. The van der Waals surface area contributed by atoms with Gasteiger partial charge in [0.2, 0.25) is 0 Å². The molecule has 0 saturated carbocycles. The Morgan fingerprint density at radius 1 is 1.22 bits per heavy atom. The number of aromatic nitrogens is 2. The molecular weight excluding hydrogens is 358 g/mol. The lowest BCUT2D eigenvalue weighted by Gasteiger charge is -2.11. The van der Waals surface area contributed by atoms with Crippen molar-refractivity contribution < 1.29 is 9.53 Å². The van der Waals surface area contributed by atoms with Crippen molar-refractivity contribution >= 4 is 28.6 Å². The number of amides is 1. The molecule has 5 nitrogen and oxygen atoms in total. The highest BCUT2D eigenvalue weighted by Gasteiger charge is 2.14. The van der Waals surface area contributed by atoms with Crippen LogP contribution in [0, 0.1) is 13.8 Å². The summed E-state index contributed by atoms with van der Waals surface area (Å²) in [6.45, 7) is 4.01. The van der Waals surface area contributed by atoms with E-state index >= 15 is 0 Å². The molecule has 136 valence electrons. The number of fused-ring (bicyclic) bond motifs is 1. The summed E-state index contributed by atoms with van der Waals surface area (Å²) in [6, 6.07) is 11.6. The molecule has 0 saturated heterocycles. The van der Waals surface area contributed by atoms with E-state index in [9.17, 15) is 4.79 Å². The minimum Gasteiger partial charge on any atom is -0.495 e. The summed E-state index contributed by atoms with van der Waals surface area (Å²) in [7, 11) is 1.59. The Labute approximate surface area is 161 Å². The fourth-order valence-electron chi connectivity index (χ4n) is 2.99. The predicted octanol–water partition coefficient (Wildman–Crippen LogP) is 4.94. The number of carbonyl (C=O) groups is 1. The molecule has 4 aromatic rings. The second-order valence-corrected chi connectivity index (χ2v) is 7.32. The maximum Gasteiger partial charge on any atom is 0.265 e. The van der Waals surface area contributed by atoms with Crippen LogP contribution in [-0.2, 0) is 0 Å². The van der Waals surface area contributed by atoms with Gasteiger partial charge >= 0.3 is 0 Å². The third kappa shape index (κ3) is 3.31. The smallest absolute Gasteiger partial charge is 0.265 e. The minimum atomic E-state index is -0.144. The number of thiophene rings is 1. The van der Waals surface area contributed by atoms with E-state index in [1.165, 1.54) is 11.3 Å². The zero-order valence-electron chi connectivity index (χ0n) is 15.3. The number of pyridine rings is 1. The highest BCUT2D eigenvalue weighted by molar-refractivity contribution is 7.12. The molecule has 1 aromatic carbocycles. The summed E-state index contributed by atoms with van der Waals surface area (Å²) in [5.74, 6) is 0.467. The molecule has 0 aliphatic rings. The van der Waals surface area contributed by atoms with Crippen molar-refractivity contribution in [2.75, 3.05) is 12.4 Å². The average Bonchev–Trinajstić information content (AvgIpc) is 3.29. The van der Waals surface area contributed by atoms with Crippen LogP contribution in [0.1, 0.15) is 20.8 Å². The van der Waals surface area contributed by atoms with Gasteiger partial charge in [-0.1, -0.05) is 6.07 Å². The SMILES string of the molecule is COc1ccc(-c2cn3cccc(C)c3n2)cc1NC(=O)c1cc(C)cs1. The lowest BCUT2D eigenvalue weighted by atomic mass is 10.1. The average molecular weight is 377 g/mol. The predicted molar refractivity (Wildman–Crippen MR) is 109 cm³/mol. The van der Waals surface area contributed by atoms with E-state index in [0.29, 0.717) is 16.3 Å². The van der Waals surface area contributed by atoms with Crippen LogP contribution in [-0.4, -0.2) is 22.4 Å². The fraction of sp³-hybridized carbons (Fsp3) is 0.143. The van der Waals surface area contributed by atoms with E-state index in [1.807, 2.05) is 72.4 Å². The fourth-order valence-corrected chi connectivity index (χ4v) is 3.78. The van der Waals surface area contributed by atoms with Gasteiger partial charge < -0.3 is 14.5 Å². The summed E-state index contributed by atoms with van der Waals surface area (Å²) in [5.41, 5.74) is 5.48.